The minimum Gasteiger partial charge on any atom is -0.378 e. The minimum absolute atomic E-state index is 0.0308. The largest absolute Gasteiger partial charge is 0.378 e. The molecule has 3 fully saturated rings. The molecule has 0 aromatic heterocycles. The highest BCUT2D eigenvalue weighted by atomic mass is 16.5. The molecule has 2 N–H and O–H groups in total. The zero-order valence-electron chi connectivity index (χ0n) is 17.6. The number of benzene rings is 1. The summed E-state index contributed by atoms with van der Waals surface area (Å²) in [4.78, 5) is 30.6. The summed E-state index contributed by atoms with van der Waals surface area (Å²) in [6, 6.07) is 8.36. The van der Waals surface area contributed by atoms with Crippen LogP contribution in [0.4, 0.5) is 10.5 Å². The third-order valence-corrected chi connectivity index (χ3v) is 6.75. The number of imide groups is 1. The lowest BCUT2D eigenvalue weighted by Crippen LogP contribution is -3.09. The first kappa shape index (κ1) is 20.2. The third kappa shape index (κ3) is 3.98. The van der Waals surface area contributed by atoms with Gasteiger partial charge in [0.05, 0.1) is 20.3 Å². The summed E-state index contributed by atoms with van der Waals surface area (Å²) >= 11 is 0. The van der Waals surface area contributed by atoms with Gasteiger partial charge in [0.15, 0.2) is 6.67 Å². The molecule has 2 aliphatic heterocycles. The number of anilines is 1. The van der Waals surface area contributed by atoms with Gasteiger partial charge in [0.1, 0.15) is 12.1 Å². The second-order valence-electron chi connectivity index (χ2n) is 8.84. The number of quaternary nitrogens is 1. The molecule has 29 heavy (non-hydrogen) atoms. The Morgan fingerprint density at radius 3 is 2.59 bits per heavy atom. The zero-order valence-corrected chi connectivity index (χ0v) is 17.6. The Labute approximate surface area is 173 Å². The van der Waals surface area contributed by atoms with Crippen LogP contribution in [0.2, 0.25) is 0 Å². The second-order valence-corrected chi connectivity index (χ2v) is 8.84. The molecule has 1 aromatic rings. The predicted octanol–water partition coefficient (Wildman–Crippen LogP) is 0.996. The number of nitrogens with zero attached hydrogens (tertiary/aromatic N) is 2. The third-order valence-electron chi connectivity index (χ3n) is 6.75. The highest BCUT2D eigenvalue weighted by molar-refractivity contribution is 6.07. The van der Waals surface area contributed by atoms with Crippen molar-refractivity contribution in [1.29, 1.82) is 0 Å². The van der Waals surface area contributed by atoms with Crippen molar-refractivity contribution in [2.45, 2.75) is 44.7 Å². The van der Waals surface area contributed by atoms with Crippen LogP contribution >= 0.6 is 0 Å². The fraction of sp³-hybridized carbons (Fsp3) is 0.636. The average Bonchev–Trinajstić information content (AvgIpc) is 2.96. The standard InChI is InChI=1S/C22H32N4O3/c1-17-5-3-4-10-22(17)20(27)26(21(28)23-22)16-24(2)15-18-6-8-19(9-7-18)25-11-13-29-14-12-25/h6-9,17H,3-5,10-16H2,1-2H3,(H,23,28)/p+1/t17-,22-/m1/s1. The molecule has 3 amide bonds. The molecule has 1 aromatic carbocycles. The van der Waals surface area contributed by atoms with E-state index in [1.807, 2.05) is 7.05 Å². The van der Waals surface area contributed by atoms with Gasteiger partial charge in [-0.1, -0.05) is 31.9 Å². The van der Waals surface area contributed by atoms with E-state index in [2.05, 4.69) is 41.4 Å². The van der Waals surface area contributed by atoms with Gasteiger partial charge in [-0.25, -0.2) is 9.69 Å². The number of amides is 3. The van der Waals surface area contributed by atoms with Gasteiger partial charge in [0, 0.05) is 24.3 Å². The molecule has 1 spiro atoms. The molecule has 1 saturated carbocycles. The van der Waals surface area contributed by atoms with Crippen LogP contribution in [0.1, 0.15) is 38.2 Å². The quantitative estimate of drug-likeness (QED) is 0.723. The number of rotatable bonds is 5. The number of hydrogen-bond donors (Lipinski definition) is 2. The van der Waals surface area contributed by atoms with E-state index in [4.69, 9.17) is 4.74 Å². The van der Waals surface area contributed by atoms with Crippen LogP contribution in [0.15, 0.2) is 24.3 Å². The Kier molecular flexibility index (Phi) is 5.79. The van der Waals surface area contributed by atoms with Gasteiger partial charge < -0.3 is 19.9 Å². The van der Waals surface area contributed by atoms with Crippen LogP contribution in [-0.4, -0.2) is 62.4 Å². The number of hydrogen-bond acceptors (Lipinski definition) is 4. The van der Waals surface area contributed by atoms with Crippen LogP contribution in [0.3, 0.4) is 0 Å². The lowest BCUT2D eigenvalue weighted by atomic mass is 9.73. The van der Waals surface area contributed by atoms with Crippen molar-refractivity contribution in [3.05, 3.63) is 29.8 Å². The van der Waals surface area contributed by atoms with E-state index in [1.165, 1.54) is 16.2 Å². The van der Waals surface area contributed by atoms with Gasteiger partial charge >= 0.3 is 6.03 Å². The van der Waals surface area contributed by atoms with Crippen molar-refractivity contribution in [3.8, 4) is 0 Å². The van der Waals surface area contributed by atoms with E-state index in [9.17, 15) is 9.59 Å². The maximum Gasteiger partial charge on any atom is 0.329 e. The van der Waals surface area contributed by atoms with Crippen molar-refractivity contribution in [3.63, 3.8) is 0 Å². The summed E-state index contributed by atoms with van der Waals surface area (Å²) in [5.74, 6) is 0.169. The molecule has 0 bridgehead atoms. The number of ether oxygens (including phenoxy) is 1. The van der Waals surface area contributed by atoms with Gasteiger partial charge in [0.25, 0.3) is 5.91 Å². The molecule has 2 saturated heterocycles. The van der Waals surface area contributed by atoms with Gasteiger partial charge in [-0.05, 0) is 30.9 Å². The van der Waals surface area contributed by atoms with Gasteiger partial charge in [-0.3, -0.25) is 4.79 Å². The molecular weight excluding hydrogens is 368 g/mol. The summed E-state index contributed by atoms with van der Waals surface area (Å²) in [5.41, 5.74) is 1.75. The molecule has 7 nitrogen and oxygen atoms in total. The minimum atomic E-state index is -0.671. The smallest absolute Gasteiger partial charge is 0.329 e. The van der Waals surface area contributed by atoms with E-state index >= 15 is 0 Å². The molecule has 2 heterocycles. The molecule has 7 heteroatoms. The van der Waals surface area contributed by atoms with E-state index in [0.29, 0.717) is 6.67 Å². The van der Waals surface area contributed by atoms with Crippen LogP contribution in [-0.2, 0) is 16.1 Å². The van der Waals surface area contributed by atoms with Gasteiger partial charge in [-0.2, -0.15) is 0 Å². The first-order valence-electron chi connectivity index (χ1n) is 10.9. The number of morpholine rings is 1. The van der Waals surface area contributed by atoms with Crippen LogP contribution in [0, 0.1) is 5.92 Å². The first-order valence-corrected chi connectivity index (χ1v) is 10.9. The van der Waals surface area contributed by atoms with Crippen LogP contribution < -0.4 is 15.1 Å². The molecule has 1 aliphatic carbocycles. The van der Waals surface area contributed by atoms with Gasteiger partial charge in [-0.15, -0.1) is 0 Å². The maximum absolute atomic E-state index is 13.1. The SMILES string of the molecule is C[C@@H]1CCCC[C@@]12NC(=O)N(C[NH+](C)Cc1ccc(N3CCOCC3)cc1)C2=O. The lowest BCUT2D eigenvalue weighted by molar-refractivity contribution is -0.901. The van der Waals surface area contributed by atoms with E-state index in [0.717, 1.165) is 63.4 Å². The number of carbonyl (C=O) groups is 2. The van der Waals surface area contributed by atoms with Crippen molar-refractivity contribution in [2.24, 2.45) is 5.92 Å². The molecule has 3 aliphatic rings. The Balaban J connectivity index is 1.36. The number of nitrogens with one attached hydrogen (secondary N) is 2. The average molecular weight is 402 g/mol. The van der Waals surface area contributed by atoms with E-state index in [-0.39, 0.29) is 17.9 Å². The molecular formula is C22H33N4O3+. The summed E-state index contributed by atoms with van der Waals surface area (Å²) in [6.45, 7) is 6.66. The second kappa shape index (κ2) is 8.32. The Morgan fingerprint density at radius 1 is 1.17 bits per heavy atom. The highest BCUT2D eigenvalue weighted by Gasteiger charge is 2.55. The number of urea groups is 1. The van der Waals surface area contributed by atoms with Crippen molar-refractivity contribution < 1.29 is 19.2 Å². The predicted molar refractivity (Wildman–Crippen MR) is 111 cm³/mol. The molecule has 0 radical (unpaired) electrons. The topological polar surface area (TPSA) is 66.3 Å². The Hall–Kier alpha value is -2.12. The van der Waals surface area contributed by atoms with Crippen molar-refractivity contribution in [2.75, 3.05) is 44.9 Å². The Morgan fingerprint density at radius 2 is 1.90 bits per heavy atom. The maximum atomic E-state index is 13.1. The molecule has 1 unspecified atom stereocenters. The summed E-state index contributed by atoms with van der Waals surface area (Å²) < 4.78 is 5.42. The normalized spacial score (nSPS) is 28.7. The highest BCUT2D eigenvalue weighted by Crippen LogP contribution is 2.37. The van der Waals surface area contributed by atoms with Gasteiger partial charge in [0.2, 0.25) is 0 Å². The Bertz CT molecular complexity index is 747. The van der Waals surface area contributed by atoms with Crippen LogP contribution in [0.25, 0.3) is 0 Å². The fourth-order valence-corrected chi connectivity index (χ4v) is 4.96. The monoisotopic (exact) mass is 401 g/mol. The van der Waals surface area contributed by atoms with E-state index in [1.54, 1.807) is 0 Å². The molecule has 3 atom stereocenters. The molecule has 158 valence electrons. The first-order chi connectivity index (χ1) is 14.0. The summed E-state index contributed by atoms with van der Waals surface area (Å²) in [7, 11) is 2.03. The lowest BCUT2D eigenvalue weighted by Gasteiger charge is -2.36. The van der Waals surface area contributed by atoms with Crippen LogP contribution in [0.5, 0.6) is 0 Å². The fourth-order valence-electron chi connectivity index (χ4n) is 4.96. The van der Waals surface area contributed by atoms with E-state index < -0.39 is 5.54 Å². The molecule has 4 rings (SSSR count). The van der Waals surface area contributed by atoms with Crippen molar-refractivity contribution >= 4 is 17.6 Å². The summed E-state index contributed by atoms with van der Waals surface area (Å²) in [5, 5.41) is 3.04. The summed E-state index contributed by atoms with van der Waals surface area (Å²) in [6.07, 6.45) is 3.90. The zero-order chi connectivity index (χ0) is 20.4. The number of carbonyl (C=O) groups excluding carboxylic acids is 2. The van der Waals surface area contributed by atoms with Crippen molar-refractivity contribution in [1.82, 2.24) is 10.2 Å².